The van der Waals surface area contributed by atoms with Crippen LogP contribution in [-0.2, 0) is 6.54 Å². The Bertz CT molecular complexity index is 615. The molecular formula is C10H6Cl2IN3O. The Morgan fingerprint density at radius 2 is 2.12 bits per heavy atom. The van der Waals surface area contributed by atoms with Crippen LogP contribution < -0.4 is 5.56 Å². The molecule has 7 heteroatoms. The maximum atomic E-state index is 11.8. The molecule has 0 saturated heterocycles. The van der Waals surface area contributed by atoms with Gasteiger partial charge >= 0.3 is 0 Å². The molecule has 2 rings (SSSR count). The molecule has 2 aromatic heterocycles. The van der Waals surface area contributed by atoms with Gasteiger partial charge in [0, 0.05) is 6.20 Å². The molecule has 0 N–H and O–H groups in total. The zero-order chi connectivity index (χ0) is 12.4. The third-order valence-corrected chi connectivity index (χ3v) is 3.36. The second-order valence-electron chi connectivity index (χ2n) is 3.24. The molecule has 88 valence electrons. The van der Waals surface area contributed by atoms with Gasteiger partial charge in [-0.25, -0.2) is 9.97 Å². The van der Waals surface area contributed by atoms with Crippen molar-refractivity contribution in [1.82, 2.24) is 14.5 Å². The molecule has 2 heterocycles. The first kappa shape index (κ1) is 12.8. The number of pyridine rings is 1. The van der Waals surface area contributed by atoms with Crippen molar-refractivity contribution in [3.8, 4) is 0 Å². The third-order valence-electron chi connectivity index (χ3n) is 2.06. The summed E-state index contributed by atoms with van der Waals surface area (Å²) in [6.45, 7) is 0.252. The summed E-state index contributed by atoms with van der Waals surface area (Å²) in [6, 6.07) is 3.25. The quantitative estimate of drug-likeness (QED) is 0.593. The molecular weight excluding hydrogens is 376 g/mol. The Kier molecular flexibility index (Phi) is 4.01. The summed E-state index contributed by atoms with van der Waals surface area (Å²) in [5.41, 5.74) is 0.420. The third kappa shape index (κ3) is 2.97. The molecule has 0 aliphatic rings. The van der Waals surface area contributed by atoms with Gasteiger partial charge in [0.05, 0.1) is 27.2 Å². The van der Waals surface area contributed by atoms with Crippen molar-refractivity contribution in [2.24, 2.45) is 0 Å². The van der Waals surface area contributed by atoms with Crippen LogP contribution in [-0.4, -0.2) is 14.5 Å². The first-order valence-electron chi connectivity index (χ1n) is 4.59. The van der Waals surface area contributed by atoms with Gasteiger partial charge in [-0.3, -0.25) is 9.36 Å². The number of halogens is 3. The Morgan fingerprint density at radius 3 is 2.88 bits per heavy atom. The van der Waals surface area contributed by atoms with E-state index in [9.17, 15) is 4.79 Å². The lowest BCUT2D eigenvalue weighted by Crippen LogP contribution is -2.23. The zero-order valence-electron chi connectivity index (χ0n) is 8.40. The molecule has 0 spiro atoms. The first-order chi connectivity index (χ1) is 8.08. The highest BCUT2D eigenvalue weighted by Crippen LogP contribution is 2.17. The summed E-state index contributed by atoms with van der Waals surface area (Å²) in [7, 11) is 0. The van der Waals surface area contributed by atoms with E-state index in [0.29, 0.717) is 19.4 Å². The predicted molar refractivity (Wildman–Crippen MR) is 74.6 cm³/mol. The summed E-state index contributed by atoms with van der Waals surface area (Å²) >= 11 is 13.7. The second kappa shape index (κ2) is 5.32. The lowest BCUT2D eigenvalue weighted by Gasteiger charge is -2.06. The van der Waals surface area contributed by atoms with Crippen LogP contribution >= 0.6 is 45.8 Å². The van der Waals surface area contributed by atoms with Crippen LogP contribution in [0.4, 0.5) is 0 Å². The monoisotopic (exact) mass is 381 g/mol. The zero-order valence-corrected chi connectivity index (χ0v) is 12.1. The minimum absolute atomic E-state index is 0.126. The van der Waals surface area contributed by atoms with Crippen molar-refractivity contribution < 1.29 is 0 Å². The fourth-order valence-corrected chi connectivity index (χ4v) is 2.07. The van der Waals surface area contributed by atoms with Gasteiger partial charge in [0.15, 0.2) is 0 Å². The topological polar surface area (TPSA) is 47.8 Å². The van der Waals surface area contributed by atoms with Gasteiger partial charge in [0.25, 0.3) is 5.56 Å². The van der Waals surface area contributed by atoms with Crippen LogP contribution in [0.3, 0.4) is 0 Å². The lowest BCUT2D eigenvalue weighted by atomic mass is 10.3. The molecule has 0 amide bonds. The van der Waals surface area contributed by atoms with Gasteiger partial charge < -0.3 is 0 Å². The highest BCUT2D eigenvalue weighted by atomic mass is 127. The maximum Gasteiger partial charge on any atom is 0.267 e. The van der Waals surface area contributed by atoms with E-state index in [0.717, 1.165) is 0 Å². The fourth-order valence-electron chi connectivity index (χ4n) is 1.27. The second-order valence-corrected chi connectivity index (χ2v) is 5.19. The van der Waals surface area contributed by atoms with E-state index in [-0.39, 0.29) is 12.1 Å². The molecule has 0 aromatic carbocycles. The summed E-state index contributed by atoms with van der Waals surface area (Å²) in [5, 5.41) is 0.816. The van der Waals surface area contributed by atoms with Crippen LogP contribution in [0.5, 0.6) is 0 Å². The van der Waals surface area contributed by atoms with E-state index >= 15 is 0 Å². The Balaban J connectivity index is 2.41. The van der Waals surface area contributed by atoms with Crippen molar-refractivity contribution in [2.45, 2.75) is 6.54 Å². The number of nitrogens with zero attached hydrogens (tertiary/aromatic N) is 3. The molecule has 0 atom stereocenters. The fraction of sp³-hybridized carbons (Fsp3) is 0.100. The van der Waals surface area contributed by atoms with E-state index in [4.69, 9.17) is 23.2 Å². The van der Waals surface area contributed by atoms with Crippen molar-refractivity contribution in [1.29, 1.82) is 0 Å². The van der Waals surface area contributed by atoms with Crippen LogP contribution in [0.25, 0.3) is 0 Å². The van der Waals surface area contributed by atoms with Crippen LogP contribution in [0, 0.1) is 3.57 Å². The van der Waals surface area contributed by atoms with Crippen molar-refractivity contribution in [3.05, 3.63) is 54.5 Å². The number of rotatable bonds is 2. The minimum Gasteiger partial charge on any atom is -0.292 e. The standard InChI is InChI=1S/C10H6Cl2IN3O/c11-6-1-2-9(12)15-8(6)4-16-5-14-3-7(13)10(16)17/h1-3,5H,4H2. The molecule has 0 radical (unpaired) electrons. The van der Waals surface area contributed by atoms with Gasteiger partial charge in [-0.05, 0) is 34.7 Å². The molecule has 0 unspecified atom stereocenters. The van der Waals surface area contributed by atoms with Gasteiger partial charge in [0.1, 0.15) is 5.15 Å². The van der Waals surface area contributed by atoms with Crippen molar-refractivity contribution in [3.63, 3.8) is 0 Å². The first-order valence-corrected chi connectivity index (χ1v) is 6.42. The summed E-state index contributed by atoms with van der Waals surface area (Å²) < 4.78 is 1.98. The summed E-state index contributed by atoms with van der Waals surface area (Å²) in [5.74, 6) is 0. The average molecular weight is 382 g/mol. The van der Waals surface area contributed by atoms with Gasteiger partial charge in [-0.2, -0.15) is 0 Å². The predicted octanol–water partition coefficient (Wildman–Crippen LogP) is 2.60. The Hall–Kier alpha value is -0.660. The van der Waals surface area contributed by atoms with E-state index in [1.807, 2.05) is 22.6 Å². The van der Waals surface area contributed by atoms with E-state index in [1.54, 1.807) is 12.1 Å². The molecule has 0 bridgehead atoms. The van der Waals surface area contributed by atoms with E-state index in [2.05, 4.69) is 9.97 Å². The molecule has 2 aromatic rings. The average Bonchev–Trinajstić information content (AvgIpc) is 2.30. The number of hydrogen-bond donors (Lipinski definition) is 0. The summed E-state index contributed by atoms with van der Waals surface area (Å²) in [6.07, 6.45) is 2.95. The summed E-state index contributed by atoms with van der Waals surface area (Å²) in [4.78, 5) is 19.8. The van der Waals surface area contributed by atoms with Crippen molar-refractivity contribution in [2.75, 3.05) is 0 Å². The van der Waals surface area contributed by atoms with Crippen molar-refractivity contribution >= 4 is 45.8 Å². The molecule has 0 aliphatic carbocycles. The number of hydrogen-bond acceptors (Lipinski definition) is 3. The maximum absolute atomic E-state index is 11.8. The Labute approximate surface area is 121 Å². The highest BCUT2D eigenvalue weighted by Gasteiger charge is 2.07. The molecule has 0 saturated carbocycles. The molecule has 0 aliphatic heterocycles. The SMILES string of the molecule is O=c1c(I)cncn1Cc1nc(Cl)ccc1Cl. The smallest absolute Gasteiger partial charge is 0.267 e. The van der Waals surface area contributed by atoms with Gasteiger partial charge in [-0.15, -0.1) is 0 Å². The highest BCUT2D eigenvalue weighted by molar-refractivity contribution is 14.1. The number of aromatic nitrogens is 3. The molecule has 17 heavy (non-hydrogen) atoms. The minimum atomic E-state index is -0.126. The molecule has 0 fully saturated rings. The molecule has 4 nitrogen and oxygen atoms in total. The largest absolute Gasteiger partial charge is 0.292 e. The van der Waals surface area contributed by atoms with Crippen LogP contribution in [0.15, 0.2) is 29.5 Å². The van der Waals surface area contributed by atoms with Gasteiger partial charge in [0.2, 0.25) is 0 Å². The van der Waals surface area contributed by atoms with Gasteiger partial charge in [-0.1, -0.05) is 23.2 Å². The Morgan fingerprint density at radius 1 is 1.35 bits per heavy atom. The van der Waals surface area contributed by atoms with E-state index in [1.165, 1.54) is 17.1 Å². The normalized spacial score (nSPS) is 10.5. The van der Waals surface area contributed by atoms with Crippen LogP contribution in [0.1, 0.15) is 5.69 Å². The van der Waals surface area contributed by atoms with E-state index < -0.39 is 0 Å². The lowest BCUT2D eigenvalue weighted by molar-refractivity contribution is 0.714. The van der Waals surface area contributed by atoms with Crippen LogP contribution in [0.2, 0.25) is 10.2 Å².